The van der Waals surface area contributed by atoms with Gasteiger partial charge in [-0.05, 0) is 57.5 Å². The lowest BCUT2D eigenvalue weighted by atomic mass is 9.95. The topological polar surface area (TPSA) is 61.3 Å². The van der Waals surface area contributed by atoms with E-state index in [0.29, 0.717) is 17.9 Å². The van der Waals surface area contributed by atoms with Crippen molar-refractivity contribution in [3.05, 3.63) is 96.1 Å². The molecule has 34 heavy (non-hydrogen) atoms. The molecule has 1 amide bonds. The molecule has 0 aliphatic carbocycles. The van der Waals surface area contributed by atoms with Crippen LogP contribution in [0.2, 0.25) is 0 Å². The maximum absolute atomic E-state index is 14.2. The van der Waals surface area contributed by atoms with Crippen LogP contribution in [0.4, 0.5) is 11.4 Å². The monoisotopic (exact) mass is 457 g/mol. The van der Waals surface area contributed by atoms with Crippen LogP contribution < -0.4 is 10.2 Å². The summed E-state index contributed by atoms with van der Waals surface area (Å²) in [5.74, 6) is 0.696. The Morgan fingerprint density at radius 1 is 1.24 bits per heavy atom. The summed E-state index contributed by atoms with van der Waals surface area (Å²) in [5, 5.41) is 3.64. The molecule has 1 aromatic carbocycles. The fourth-order valence-electron chi connectivity index (χ4n) is 5.00. The van der Waals surface area contributed by atoms with E-state index in [9.17, 15) is 4.79 Å². The number of benzene rings is 1. The number of allylic oxidation sites excluding steroid dienone is 3. The summed E-state index contributed by atoms with van der Waals surface area (Å²) in [4.78, 5) is 18.3. The molecule has 176 valence electrons. The number of carbonyl (C=O) groups excluding carboxylic acids is 1. The fourth-order valence-corrected chi connectivity index (χ4v) is 5.00. The number of rotatable bonds is 6. The van der Waals surface area contributed by atoms with Crippen LogP contribution in [-0.4, -0.2) is 35.2 Å². The number of anilines is 2. The summed E-state index contributed by atoms with van der Waals surface area (Å²) in [5.41, 5.74) is 3.91. The van der Waals surface area contributed by atoms with E-state index in [1.165, 1.54) is 0 Å². The van der Waals surface area contributed by atoms with Crippen molar-refractivity contribution >= 4 is 17.3 Å². The lowest BCUT2D eigenvalue weighted by molar-refractivity contribution is -0.128. The summed E-state index contributed by atoms with van der Waals surface area (Å²) >= 11 is 0. The highest BCUT2D eigenvalue weighted by atomic mass is 16.6. The van der Waals surface area contributed by atoms with Crippen molar-refractivity contribution in [3.63, 3.8) is 0 Å². The number of amides is 1. The van der Waals surface area contributed by atoms with Crippen molar-refractivity contribution in [2.24, 2.45) is 0 Å². The van der Waals surface area contributed by atoms with E-state index in [0.717, 1.165) is 22.6 Å². The third-order valence-electron chi connectivity index (χ3n) is 6.90. The lowest BCUT2D eigenvalue weighted by Gasteiger charge is -2.36. The average molecular weight is 458 g/mol. The second-order valence-corrected chi connectivity index (χ2v) is 9.41. The maximum Gasteiger partial charge on any atom is 0.255 e. The quantitative estimate of drug-likeness (QED) is 0.454. The first-order valence-electron chi connectivity index (χ1n) is 11.7. The summed E-state index contributed by atoms with van der Waals surface area (Å²) in [6, 6.07) is 11.5. The van der Waals surface area contributed by atoms with Crippen LogP contribution in [-0.2, 0) is 9.53 Å². The van der Waals surface area contributed by atoms with E-state index in [2.05, 4.69) is 49.7 Å². The van der Waals surface area contributed by atoms with Crippen molar-refractivity contribution in [2.45, 2.75) is 51.6 Å². The van der Waals surface area contributed by atoms with E-state index in [-0.39, 0.29) is 18.2 Å². The first-order valence-corrected chi connectivity index (χ1v) is 11.7. The number of furan rings is 1. The van der Waals surface area contributed by atoms with Gasteiger partial charge < -0.3 is 24.3 Å². The highest BCUT2D eigenvalue weighted by Gasteiger charge is 2.55. The van der Waals surface area contributed by atoms with Gasteiger partial charge in [-0.25, -0.2) is 0 Å². The predicted octanol–water partition coefficient (Wildman–Crippen LogP) is 5.56. The molecule has 2 unspecified atom stereocenters. The van der Waals surface area contributed by atoms with Crippen molar-refractivity contribution in [1.29, 1.82) is 0 Å². The van der Waals surface area contributed by atoms with Gasteiger partial charge in [0.25, 0.3) is 5.91 Å². The Labute approximate surface area is 200 Å². The number of fused-ring (bicyclic) bond motifs is 1. The Morgan fingerprint density at radius 3 is 2.65 bits per heavy atom. The Bertz CT molecular complexity index is 1210. The molecule has 0 bridgehead atoms. The molecule has 3 aliphatic rings. The van der Waals surface area contributed by atoms with Gasteiger partial charge in [-0.15, -0.1) is 0 Å². The van der Waals surface area contributed by atoms with Crippen LogP contribution >= 0.6 is 0 Å². The Balaban J connectivity index is 1.67. The predicted molar refractivity (Wildman–Crippen MR) is 134 cm³/mol. The lowest BCUT2D eigenvalue weighted by Crippen LogP contribution is -2.46. The number of para-hydroxylation sites is 2. The van der Waals surface area contributed by atoms with Gasteiger partial charge in [0.05, 0.1) is 34.4 Å². The number of hydrogen-bond donors (Lipinski definition) is 1. The molecule has 0 spiro atoms. The fraction of sp³-hybridized carbons (Fsp3) is 0.321. The van der Waals surface area contributed by atoms with Gasteiger partial charge in [-0.2, -0.15) is 0 Å². The van der Waals surface area contributed by atoms with Crippen molar-refractivity contribution < 1.29 is 13.9 Å². The molecule has 0 saturated carbocycles. The Morgan fingerprint density at radius 2 is 2.00 bits per heavy atom. The molecule has 2 aromatic rings. The largest absolute Gasteiger partial charge is 0.467 e. The smallest absolute Gasteiger partial charge is 0.255 e. The van der Waals surface area contributed by atoms with E-state index >= 15 is 0 Å². The summed E-state index contributed by atoms with van der Waals surface area (Å²) in [7, 11) is 0. The van der Waals surface area contributed by atoms with Gasteiger partial charge in [-0.1, -0.05) is 43.0 Å². The molecule has 4 heterocycles. The van der Waals surface area contributed by atoms with Gasteiger partial charge in [-0.3, -0.25) is 4.79 Å². The van der Waals surface area contributed by atoms with Crippen molar-refractivity contribution in [1.82, 2.24) is 4.90 Å². The molecule has 0 radical (unpaired) electrons. The van der Waals surface area contributed by atoms with E-state index in [1.807, 2.05) is 60.4 Å². The Kier molecular flexibility index (Phi) is 5.48. The first-order chi connectivity index (χ1) is 16.4. The van der Waals surface area contributed by atoms with E-state index in [4.69, 9.17) is 9.15 Å². The van der Waals surface area contributed by atoms with Crippen LogP contribution in [0.3, 0.4) is 0 Å². The third kappa shape index (κ3) is 3.49. The van der Waals surface area contributed by atoms with Crippen LogP contribution in [0.15, 0.2) is 94.8 Å². The highest BCUT2D eigenvalue weighted by Crippen LogP contribution is 2.51. The minimum absolute atomic E-state index is 0.0202. The molecule has 5 rings (SSSR count). The van der Waals surface area contributed by atoms with Crippen molar-refractivity contribution in [3.8, 4) is 0 Å². The normalized spacial score (nSPS) is 25.8. The molecule has 6 nitrogen and oxygen atoms in total. The van der Waals surface area contributed by atoms with Crippen LogP contribution in [0.25, 0.3) is 0 Å². The number of nitrogens with zero attached hydrogens (tertiary/aromatic N) is 2. The van der Waals surface area contributed by atoms with E-state index in [1.54, 1.807) is 6.26 Å². The maximum atomic E-state index is 14.2. The zero-order valence-electron chi connectivity index (χ0n) is 20.1. The van der Waals surface area contributed by atoms with Crippen LogP contribution in [0, 0.1) is 0 Å². The Hall–Kier alpha value is -3.51. The molecule has 1 N–H and O–H groups in total. The second-order valence-electron chi connectivity index (χ2n) is 9.41. The molecular weight excluding hydrogens is 426 g/mol. The summed E-state index contributed by atoms with van der Waals surface area (Å²) in [6.07, 6.45) is 9.32. The molecular formula is C28H31N3O3. The minimum Gasteiger partial charge on any atom is -0.467 e. The van der Waals surface area contributed by atoms with Crippen molar-refractivity contribution in [2.75, 3.05) is 16.8 Å². The molecule has 1 fully saturated rings. The molecule has 3 atom stereocenters. The molecule has 1 aromatic heterocycles. The number of hydrogen-bond acceptors (Lipinski definition) is 5. The third-order valence-corrected chi connectivity index (χ3v) is 6.90. The standard InChI is InChI=1S/C28H31N3O3/c1-6-8-12-19(7-2)17-30-26(32)23-24(22-15-11-16-33-22)31(27-18(3)34-27)21-14-10-9-13-20(21)29-25(23)28(30,4)5/h6-16,18,24,27,29H,2,17H2,1,3-5H3/b8-6-,19-12+/t18-,24?,27?/m0/s1. The minimum atomic E-state index is -0.575. The molecule has 1 saturated heterocycles. The number of carbonyl (C=O) groups is 1. The average Bonchev–Trinajstić information content (AvgIpc) is 3.27. The second kappa shape index (κ2) is 8.37. The SMILES string of the molecule is C=C/C(=C\C=C/C)CN1C(=O)C2=C(Nc3ccccc3N(C3O[C@H]3C)C2c2ccco2)C1(C)C. The number of epoxide rings is 1. The zero-order chi connectivity index (χ0) is 24.0. The van der Waals surface area contributed by atoms with E-state index < -0.39 is 11.6 Å². The number of nitrogens with one attached hydrogen (secondary N) is 1. The van der Waals surface area contributed by atoms with Gasteiger partial charge in [0.15, 0.2) is 6.23 Å². The van der Waals surface area contributed by atoms with Gasteiger partial charge in [0.1, 0.15) is 17.9 Å². The van der Waals surface area contributed by atoms with Gasteiger partial charge in [0.2, 0.25) is 0 Å². The summed E-state index contributed by atoms with van der Waals surface area (Å²) in [6.45, 7) is 12.6. The molecule has 6 heteroatoms. The van der Waals surface area contributed by atoms with Gasteiger partial charge in [0, 0.05) is 6.54 Å². The summed E-state index contributed by atoms with van der Waals surface area (Å²) < 4.78 is 11.9. The number of ether oxygens (including phenoxy) is 1. The van der Waals surface area contributed by atoms with Crippen LogP contribution in [0.1, 0.15) is 39.5 Å². The zero-order valence-corrected chi connectivity index (χ0v) is 20.1. The first kappa shape index (κ1) is 22.3. The van der Waals surface area contributed by atoms with Gasteiger partial charge >= 0.3 is 0 Å². The molecule has 3 aliphatic heterocycles. The van der Waals surface area contributed by atoms with Crippen LogP contribution in [0.5, 0.6) is 0 Å². The highest BCUT2D eigenvalue weighted by molar-refractivity contribution is 6.02.